The van der Waals surface area contributed by atoms with Crippen molar-refractivity contribution in [2.45, 2.75) is 56.9 Å². The highest BCUT2D eigenvalue weighted by Crippen LogP contribution is 2.49. The van der Waals surface area contributed by atoms with E-state index in [1.54, 1.807) is 0 Å². The van der Waals surface area contributed by atoms with Crippen LogP contribution in [-0.4, -0.2) is 62.3 Å². The van der Waals surface area contributed by atoms with Crippen molar-refractivity contribution in [2.24, 2.45) is 0 Å². The molecule has 6 heterocycles. The van der Waals surface area contributed by atoms with Crippen LogP contribution in [0.1, 0.15) is 37.2 Å². The summed E-state index contributed by atoms with van der Waals surface area (Å²) in [5.41, 5.74) is -5.33. The van der Waals surface area contributed by atoms with Gasteiger partial charge in [-0.1, -0.05) is 45.6 Å². The number of alkyl halides is 6. The van der Waals surface area contributed by atoms with Gasteiger partial charge in [0.15, 0.2) is 22.9 Å². The van der Waals surface area contributed by atoms with E-state index in [-0.39, 0.29) is 53.7 Å². The van der Waals surface area contributed by atoms with Crippen LogP contribution < -0.4 is 0 Å². The number of aliphatic hydroxyl groups excluding tert-OH is 2. The lowest BCUT2D eigenvalue weighted by atomic mass is 10.0. The van der Waals surface area contributed by atoms with E-state index in [1.165, 1.54) is 54.3 Å². The van der Waals surface area contributed by atoms with E-state index in [2.05, 4.69) is 30.5 Å². The van der Waals surface area contributed by atoms with E-state index in [9.17, 15) is 23.4 Å². The van der Waals surface area contributed by atoms with Crippen molar-refractivity contribution < 1.29 is 54.4 Å². The summed E-state index contributed by atoms with van der Waals surface area (Å²) >= 11 is 14.6. The first-order valence-corrected chi connectivity index (χ1v) is 20.8. The van der Waals surface area contributed by atoms with Gasteiger partial charge in [0.25, 0.3) is 0 Å². The molecule has 0 radical (unpaired) electrons. The zero-order valence-electron chi connectivity index (χ0n) is 31.7. The van der Waals surface area contributed by atoms with Crippen molar-refractivity contribution in [3.05, 3.63) is 105 Å². The first kappa shape index (κ1) is 44.1. The molecule has 3 atom stereocenters. The second kappa shape index (κ2) is 17.2. The third-order valence-electron chi connectivity index (χ3n) is 9.79. The second-order valence-corrected chi connectivity index (χ2v) is 16.4. The second-order valence-electron chi connectivity index (χ2n) is 13.8. The Morgan fingerprint density at radius 3 is 1.63 bits per heavy atom. The highest BCUT2D eigenvalue weighted by atomic mass is 35.5. The predicted octanol–water partition coefficient (Wildman–Crippen LogP) is 11.4. The predicted molar refractivity (Wildman–Crippen MR) is 214 cm³/mol. The molecule has 0 bridgehead atoms. The Morgan fingerprint density at radius 2 is 1.19 bits per heavy atom. The standard InChI is InChI=1S/C39H26Cl2F8N8O4S2/c1-17(58)25(57-35(39(47,48)49)20(15-53-57)33-29(37-51-11-13-63-37)31(55-61-33)27-22(41)5-3-7-24(27)43)9-8-18(59)16-56-34(38(44,45)46)19(14-52-56)32-28(36-50-10-12-62-36)30(54-60-32)26-21(40)4-2-6-23(26)42/h2-7,10-15,17-18,25,58-59H,8-9,16H2,1H3/t17-,18?,25?/m0/s1. The van der Waals surface area contributed by atoms with Gasteiger partial charge in [0.1, 0.15) is 33.0 Å². The van der Waals surface area contributed by atoms with Crippen molar-refractivity contribution in [1.82, 2.24) is 39.8 Å². The molecule has 0 saturated heterocycles. The summed E-state index contributed by atoms with van der Waals surface area (Å²) in [6, 6.07) is 6.00. The molecule has 0 fully saturated rings. The number of aliphatic hydroxyl groups is 2. The van der Waals surface area contributed by atoms with Crippen LogP contribution in [-0.2, 0) is 18.9 Å². The number of halogens is 10. The molecular weight excluding hydrogens is 932 g/mol. The fourth-order valence-electron chi connectivity index (χ4n) is 7.10. The van der Waals surface area contributed by atoms with Gasteiger partial charge in [-0.3, -0.25) is 9.36 Å². The van der Waals surface area contributed by atoms with Crippen molar-refractivity contribution >= 4 is 45.9 Å². The molecule has 0 saturated carbocycles. The van der Waals surface area contributed by atoms with Crippen LogP contribution in [0.4, 0.5) is 35.1 Å². The smallest absolute Gasteiger partial charge is 0.391 e. The number of benzene rings is 2. The maximum absolute atomic E-state index is 15.1. The van der Waals surface area contributed by atoms with Crippen molar-refractivity contribution in [3.63, 3.8) is 0 Å². The van der Waals surface area contributed by atoms with Crippen molar-refractivity contribution in [1.29, 1.82) is 0 Å². The molecule has 0 amide bonds. The number of hydrogen-bond donors (Lipinski definition) is 2. The van der Waals surface area contributed by atoms with Crippen LogP contribution in [0.2, 0.25) is 10.0 Å². The Balaban J connectivity index is 1.12. The topological polar surface area (TPSA) is 154 Å². The maximum atomic E-state index is 15.1. The van der Waals surface area contributed by atoms with Crippen LogP contribution in [0, 0.1) is 11.6 Å². The molecule has 12 nitrogen and oxygen atoms in total. The fourth-order valence-corrected chi connectivity index (χ4v) is 8.97. The summed E-state index contributed by atoms with van der Waals surface area (Å²) in [6.45, 7) is 0.342. The molecule has 63 heavy (non-hydrogen) atoms. The minimum atomic E-state index is -5.18. The Kier molecular flexibility index (Phi) is 12.1. The van der Waals surface area contributed by atoms with E-state index < -0.39 is 95.7 Å². The quantitative estimate of drug-likeness (QED) is 0.107. The van der Waals surface area contributed by atoms with Gasteiger partial charge in [0.05, 0.1) is 80.6 Å². The minimum Gasteiger partial charge on any atom is -0.391 e. The molecule has 24 heteroatoms. The molecule has 0 spiro atoms. The van der Waals surface area contributed by atoms with Crippen LogP contribution >= 0.6 is 45.9 Å². The third kappa shape index (κ3) is 8.37. The molecule has 0 aliphatic heterocycles. The first-order valence-electron chi connectivity index (χ1n) is 18.3. The lowest BCUT2D eigenvalue weighted by molar-refractivity contribution is -0.145. The van der Waals surface area contributed by atoms with Gasteiger partial charge in [0.2, 0.25) is 0 Å². The van der Waals surface area contributed by atoms with E-state index in [4.69, 9.17) is 32.2 Å². The maximum Gasteiger partial charge on any atom is 0.433 e. The Morgan fingerprint density at radius 1 is 0.698 bits per heavy atom. The summed E-state index contributed by atoms with van der Waals surface area (Å²) in [5.74, 6) is -2.65. The highest BCUT2D eigenvalue weighted by molar-refractivity contribution is 7.13. The van der Waals surface area contributed by atoms with Gasteiger partial charge in [-0.25, -0.2) is 18.7 Å². The Labute approximate surface area is 366 Å². The summed E-state index contributed by atoms with van der Waals surface area (Å²) in [4.78, 5) is 8.35. The van der Waals surface area contributed by atoms with Crippen LogP contribution in [0.3, 0.4) is 0 Å². The lowest BCUT2D eigenvalue weighted by Gasteiger charge is -2.25. The van der Waals surface area contributed by atoms with Crippen molar-refractivity contribution in [3.8, 4) is 66.3 Å². The number of aromatic nitrogens is 8. The van der Waals surface area contributed by atoms with E-state index in [0.29, 0.717) is 9.36 Å². The number of nitrogens with zero attached hydrogens (tertiary/aromatic N) is 8. The van der Waals surface area contributed by atoms with E-state index in [1.807, 2.05) is 0 Å². The van der Waals surface area contributed by atoms with Gasteiger partial charge >= 0.3 is 12.4 Å². The average molecular weight is 958 g/mol. The molecule has 8 aromatic rings. The summed E-state index contributed by atoms with van der Waals surface area (Å²) in [5, 5.41) is 40.6. The van der Waals surface area contributed by atoms with Crippen LogP contribution in [0.25, 0.3) is 66.3 Å². The molecule has 8 rings (SSSR count). The Bertz CT molecular complexity index is 2850. The van der Waals surface area contributed by atoms with Gasteiger partial charge in [0, 0.05) is 23.2 Å². The van der Waals surface area contributed by atoms with Gasteiger partial charge in [-0.05, 0) is 44.0 Å². The minimum absolute atomic E-state index is 0.106. The van der Waals surface area contributed by atoms with Crippen molar-refractivity contribution in [2.75, 3.05) is 0 Å². The number of thiazole rings is 2. The molecule has 2 N–H and O–H groups in total. The van der Waals surface area contributed by atoms with Crippen LogP contribution in [0.15, 0.2) is 81.0 Å². The molecule has 328 valence electrons. The molecule has 2 aromatic carbocycles. The van der Waals surface area contributed by atoms with E-state index >= 15 is 22.0 Å². The SMILES string of the molecule is C[C@H](O)C(CCC(O)Cn1ncc(-c2onc(-c3c(F)cccc3Cl)c2-c2nccs2)c1C(F)(F)F)n1ncc(-c2onc(-c3c(F)cccc3Cl)c2-c2nccs2)c1C(F)(F)F. The monoisotopic (exact) mass is 956 g/mol. The number of rotatable bonds is 13. The average Bonchev–Trinajstić information content (AvgIpc) is 4.05. The normalized spacial score (nSPS) is 13.8. The molecular formula is C39H26Cl2F8N8O4S2. The van der Waals surface area contributed by atoms with Gasteiger partial charge in [-0.15, -0.1) is 22.7 Å². The van der Waals surface area contributed by atoms with Crippen LogP contribution in [0.5, 0.6) is 0 Å². The lowest BCUT2D eigenvalue weighted by Crippen LogP contribution is -2.29. The van der Waals surface area contributed by atoms with Gasteiger partial charge < -0.3 is 19.3 Å². The molecule has 0 aliphatic rings. The van der Waals surface area contributed by atoms with E-state index in [0.717, 1.165) is 47.2 Å². The summed E-state index contributed by atoms with van der Waals surface area (Å²) in [7, 11) is 0. The summed E-state index contributed by atoms with van der Waals surface area (Å²) < 4.78 is 132. The zero-order chi connectivity index (χ0) is 45.0. The molecule has 0 aliphatic carbocycles. The van der Waals surface area contributed by atoms with Gasteiger partial charge in [-0.2, -0.15) is 36.5 Å². The largest absolute Gasteiger partial charge is 0.433 e. The Hall–Kier alpha value is -5.52. The summed E-state index contributed by atoms with van der Waals surface area (Å²) in [6.07, 6.45) is -10.1. The highest BCUT2D eigenvalue weighted by Gasteiger charge is 2.44. The zero-order valence-corrected chi connectivity index (χ0v) is 34.8. The first-order chi connectivity index (χ1) is 30.0. The fraction of sp³-hybridized carbons (Fsp3) is 0.231. The third-order valence-corrected chi connectivity index (χ3v) is 12.0. The molecule has 2 unspecified atom stereocenters. The molecule has 6 aromatic heterocycles. The number of hydrogen-bond acceptors (Lipinski definition) is 12.